The molecule has 1 aliphatic rings. The van der Waals surface area contributed by atoms with Gasteiger partial charge in [-0.25, -0.2) is 4.79 Å². The highest BCUT2D eigenvalue weighted by Gasteiger charge is 2.17. The Labute approximate surface area is 72.0 Å². The summed E-state index contributed by atoms with van der Waals surface area (Å²) in [7, 11) is 0. The van der Waals surface area contributed by atoms with E-state index in [-0.39, 0.29) is 5.97 Å². The van der Waals surface area contributed by atoms with Gasteiger partial charge in [0, 0.05) is 12.5 Å². The minimum absolute atomic E-state index is 0.295. The third-order valence-electron chi connectivity index (χ3n) is 1.75. The Bertz CT molecular complexity index is 201. The lowest BCUT2D eigenvalue weighted by Crippen LogP contribution is -2.32. The summed E-state index contributed by atoms with van der Waals surface area (Å²) in [6, 6.07) is 0.364. The maximum absolute atomic E-state index is 11.1. The molecule has 0 spiro atoms. The summed E-state index contributed by atoms with van der Waals surface area (Å²) in [5.74, 6) is -0.295. The SMILES string of the molecule is CCOC(=O)C1=NNC(C)CC1. The number of esters is 1. The summed E-state index contributed by atoms with van der Waals surface area (Å²) in [6.07, 6.45) is 1.66. The van der Waals surface area contributed by atoms with Crippen LogP contribution < -0.4 is 5.43 Å². The minimum Gasteiger partial charge on any atom is -0.461 e. The average Bonchev–Trinajstić information content (AvgIpc) is 2.06. The monoisotopic (exact) mass is 170 g/mol. The molecule has 0 saturated heterocycles. The lowest BCUT2D eigenvalue weighted by Gasteiger charge is -2.17. The van der Waals surface area contributed by atoms with Crippen LogP contribution in [0.2, 0.25) is 0 Å². The van der Waals surface area contributed by atoms with Gasteiger partial charge in [-0.1, -0.05) is 0 Å². The Morgan fingerprint density at radius 3 is 3.08 bits per heavy atom. The Morgan fingerprint density at radius 2 is 2.58 bits per heavy atom. The molecule has 1 atom stereocenters. The highest BCUT2D eigenvalue weighted by Crippen LogP contribution is 2.05. The van der Waals surface area contributed by atoms with E-state index in [4.69, 9.17) is 4.74 Å². The van der Waals surface area contributed by atoms with Crippen molar-refractivity contribution in [1.82, 2.24) is 5.43 Å². The first-order valence-corrected chi connectivity index (χ1v) is 4.23. The van der Waals surface area contributed by atoms with E-state index >= 15 is 0 Å². The zero-order valence-electron chi connectivity index (χ0n) is 7.46. The van der Waals surface area contributed by atoms with E-state index in [1.807, 2.05) is 6.92 Å². The van der Waals surface area contributed by atoms with Gasteiger partial charge in [-0.05, 0) is 20.3 Å². The fourth-order valence-corrected chi connectivity index (χ4v) is 1.02. The predicted molar refractivity (Wildman–Crippen MR) is 45.9 cm³/mol. The van der Waals surface area contributed by atoms with Crippen molar-refractivity contribution in [2.24, 2.45) is 5.10 Å². The second-order valence-electron chi connectivity index (χ2n) is 2.85. The van der Waals surface area contributed by atoms with Crippen molar-refractivity contribution in [3.05, 3.63) is 0 Å². The smallest absolute Gasteiger partial charge is 0.354 e. The molecular formula is C8H14N2O2. The van der Waals surface area contributed by atoms with Crippen molar-refractivity contribution in [3.63, 3.8) is 0 Å². The standard InChI is InChI=1S/C8H14N2O2/c1-3-12-8(11)7-5-4-6(2)9-10-7/h6,9H,3-5H2,1-2H3. The number of carbonyl (C=O) groups is 1. The largest absolute Gasteiger partial charge is 0.461 e. The van der Waals surface area contributed by atoms with Gasteiger partial charge in [0.15, 0.2) is 0 Å². The van der Waals surface area contributed by atoms with E-state index < -0.39 is 0 Å². The highest BCUT2D eigenvalue weighted by atomic mass is 16.5. The zero-order valence-corrected chi connectivity index (χ0v) is 7.46. The number of hydrogen-bond donors (Lipinski definition) is 1. The topological polar surface area (TPSA) is 50.7 Å². The molecule has 1 rings (SSSR count). The second kappa shape index (κ2) is 4.09. The summed E-state index contributed by atoms with van der Waals surface area (Å²) in [4.78, 5) is 11.1. The Kier molecular flexibility index (Phi) is 3.08. The first kappa shape index (κ1) is 9.03. The molecule has 0 aliphatic carbocycles. The maximum Gasteiger partial charge on any atom is 0.354 e. The molecule has 12 heavy (non-hydrogen) atoms. The van der Waals surface area contributed by atoms with Crippen LogP contribution in [0, 0.1) is 0 Å². The normalized spacial score (nSPS) is 22.5. The number of rotatable bonds is 2. The van der Waals surface area contributed by atoms with Crippen molar-refractivity contribution in [2.45, 2.75) is 32.7 Å². The summed E-state index contributed by atoms with van der Waals surface area (Å²) >= 11 is 0. The Hall–Kier alpha value is -1.06. The molecule has 1 aliphatic heterocycles. The van der Waals surface area contributed by atoms with Crippen molar-refractivity contribution in [1.29, 1.82) is 0 Å². The molecule has 4 heteroatoms. The van der Waals surface area contributed by atoms with E-state index in [9.17, 15) is 4.79 Å². The Balaban J connectivity index is 2.47. The maximum atomic E-state index is 11.1. The van der Waals surface area contributed by atoms with Gasteiger partial charge in [0.2, 0.25) is 0 Å². The average molecular weight is 170 g/mol. The van der Waals surface area contributed by atoms with Crippen LogP contribution in [-0.4, -0.2) is 24.3 Å². The van der Waals surface area contributed by atoms with E-state index in [1.54, 1.807) is 6.92 Å². The van der Waals surface area contributed by atoms with Crippen LogP contribution in [0.15, 0.2) is 5.10 Å². The van der Waals surface area contributed by atoms with Gasteiger partial charge in [0.05, 0.1) is 6.61 Å². The van der Waals surface area contributed by atoms with Crippen molar-refractivity contribution < 1.29 is 9.53 Å². The van der Waals surface area contributed by atoms with Crippen molar-refractivity contribution in [3.8, 4) is 0 Å². The number of ether oxygens (including phenoxy) is 1. The van der Waals surface area contributed by atoms with Crippen LogP contribution in [0.3, 0.4) is 0 Å². The fourth-order valence-electron chi connectivity index (χ4n) is 1.02. The number of nitrogens with one attached hydrogen (secondary N) is 1. The highest BCUT2D eigenvalue weighted by molar-refractivity contribution is 6.36. The van der Waals surface area contributed by atoms with Gasteiger partial charge in [0.25, 0.3) is 0 Å². The van der Waals surface area contributed by atoms with Crippen molar-refractivity contribution >= 4 is 11.7 Å². The number of hydrogen-bond acceptors (Lipinski definition) is 4. The van der Waals surface area contributed by atoms with Crippen LogP contribution in [0.1, 0.15) is 26.7 Å². The van der Waals surface area contributed by atoms with E-state index in [1.165, 1.54) is 0 Å². The van der Waals surface area contributed by atoms with E-state index in [0.717, 1.165) is 6.42 Å². The summed E-state index contributed by atoms with van der Waals surface area (Å²) in [5.41, 5.74) is 3.37. The predicted octanol–water partition coefficient (Wildman–Crippen LogP) is 0.677. The van der Waals surface area contributed by atoms with Crippen LogP contribution in [0.5, 0.6) is 0 Å². The lowest BCUT2D eigenvalue weighted by molar-refractivity contribution is -0.135. The molecule has 1 unspecified atom stereocenters. The molecule has 1 heterocycles. The molecule has 1 N–H and O–H groups in total. The number of carbonyl (C=O) groups excluding carboxylic acids is 1. The molecule has 0 saturated carbocycles. The minimum atomic E-state index is -0.295. The van der Waals surface area contributed by atoms with Gasteiger partial charge in [-0.2, -0.15) is 5.10 Å². The molecule has 0 aromatic heterocycles. The first-order chi connectivity index (χ1) is 5.74. The summed E-state index contributed by atoms with van der Waals surface area (Å²) in [6.45, 7) is 4.23. The molecule has 68 valence electrons. The molecule has 0 bridgehead atoms. The van der Waals surface area contributed by atoms with Crippen molar-refractivity contribution in [2.75, 3.05) is 6.61 Å². The first-order valence-electron chi connectivity index (χ1n) is 4.23. The van der Waals surface area contributed by atoms with Crippen LogP contribution >= 0.6 is 0 Å². The zero-order chi connectivity index (χ0) is 8.97. The summed E-state index contributed by atoms with van der Waals surface area (Å²) in [5, 5.41) is 3.92. The number of nitrogens with zero attached hydrogens (tertiary/aromatic N) is 1. The van der Waals surface area contributed by atoms with Gasteiger partial charge >= 0.3 is 5.97 Å². The van der Waals surface area contributed by atoms with Gasteiger partial charge < -0.3 is 10.2 Å². The molecule has 0 fully saturated rings. The molecular weight excluding hydrogens is 156 g/mol. The fraction of sp³-hybridized carbons (Fsp3) is 0.750. The molecule has 0 amide bonds. The quantitative estimate of drug-likeness (QED) is 0.620. The number of hydrazone groups is 1. The van der Waals surface area contributed by atoms with Gasteiger partial charge in [0.1, 0.15) is 5.71 Å². The second-order valence-corrected chi connectivity index (χ2v) is 2.85. The van der Waals surface area contributed by atoms with E-state index in [2.05, 4.69) is 10.5 Å². The Morgan fingerprint density at radius 1 is 1.83 bits per heavy atom. The molecule has 4 nitrogen and oxygen atoms in total. The third-order valence-corrected chi connectivity index (χ3v) is 1.75. The molecule has 0 aromatic carbocycles. The molecule has 0 radical (unpaired) electrons. The summed E-state index contributed by atoms with van der Waals surface area (Å²) < 4.78 is 4.81. The van der Waals surface area contributed by atoms with Gasteiger partial charge in [-0.15, -0.1) is 0 Å². The van der Waals surface area contributed by atoms with Gasteiger partial charge in [-0.3, -0.25) is 0 Å². The molecule has 0 aromatic rings. The van der Waals surface area contributed by atoms with Crippen LogP contribution in [-0.2, 0) is 9.53 Å². The third kappa shape index (κ3) is 2.22. The van der Waals surface area contributed by atoms with Crippen LogP contribution in [0.4, 0.5) is 0 Å². The van der Waals surface area contributed by atoms with Crippen LogP contribution in [0.25, 0.3) is 0 Å². The van der Waals surface area contributed by atoms with E-state index in [0.29, 0.717) is 24.8 Å². The lowest BCUT2D eigenvalue weighted by atomic mass is 10.1.